The van der Waals surface area contributed by atoms with Crippen molar-refractivity contribution in [3.63, 3.8) is 0 Å². The van der Waals surface area contributed by atoms with Gasteiger partial charge >= 0.3 is 0 Å². The van der Waals surface area contributed by atoms with Gasteiger partial charge in [-0.3, -0.25) is 4.68 Å². The monoisotopic (exact) mass is 384 g/mol. The van der Waals surface area contributed by atoms with Crippen LogP contribution in [0.4, 0.5) is 5.69 Å². The van der Waals surface area contributed by atoms with Crippen molar-refractivity contribution in [2.45, 2.75) is 46.2 Å². The first-order chi connectivity index (χ1) is 13.5. The van der Waals surface area contributed by atoms with Crippen molar-refractivity contribution >= 4 is 11.6 Å². The summed E-state index contributed by atoms with van der Waals surface area (Å²) >= 11 is 0. The van der Waals surface area contributed by atoms with Crippen molar-refractivity contribution in [1.82, 2.24) is 20.4 Å². The van der Waals surface area contributed by atoms with Crippen LogP contribution in [0.3, 0.4) is 0 Å². The number of phenols is 1. The molecule has 0 saturated carbocycles. The first-order valence-corrected chi connectivity index (χ1v) is 10.0. The highest BCUT2D eigenvalue weighted by molar-refractivity contribution is 5.80. The number of anilines is 1. The highest BCUT2D eigenvalue weighted by Crippen LogP contribution is 2.23. The molecule has 28 heavy (non-hydrogen) atoms. The number of aromatic hydroxyl groups is 1. The lowest BCUT2D eigenvalue weighted by molar-refractivity contribution is 0.466. The maximum atomic E-state index is 9.96. The summed E-state index contributed by atoms with van der Waals surface area (Å²) in [6.07, 6.45) is 6.26. The number of aryl methyl sites for hydroxylation is 3. The molecule has 7 heteroatoms. The van der Waals surface area contributed by atoms with Crippen LogP contribution in [-0.4, -0.2) is 46.5 Å². The third kappa shape index (κ3) is 4.97. The summed E-state index contributed by atoms with van der Waals surface area (Å²) < 4.78 is 1.85. The number of piperidine rings is 1. The molecule has 1 aromatic heterocycles. The Balaban J connectivity index is 1.65. The van der Waals surface area contributed by atoms with Gasteiger partial charge in [0, 0.05) is 38.9 Å². The van der Waals surface area contributed by atoms with E-state index in [4.69, 9.17) is 4.99 Å². The van der Waals surface area contributed by atoms with Gasteiger partial charge in [0.15, 0.2) is 5.96 Å². The number of nitrogens with one attached hydrogen (secondary N) is 2. The van der Waals surface area contributed by atoms with Gasteiger partial charge < -0.3 is 20.6 Å². The van der Waals surface area contributed by atoms with Crippen LogP contribution in [0, 0.1) is 13.8 Å². The first-order valence-electron chi connectivity index (χ1n) is 10.0. The Hall–Kier alpha value is -2.70. The summed E-state index contributed by atoms with van der Waals surface area (Å²) in [5, 5.41) is 21.2. The number of guanidine groups is 1. The van der Waals surface area contributed by atoms with Crippen LogP contribution in [0.1, 0.15) is 36.5 Å². The van der Waals surface area contributed by atoms with Gasteiger partial charge in [-0.25, -0.2) is 4.99 Å². The molecule has 2 heterocycles. The summed E-state index contributed by atoms with van der Waals surface area (Å²) in [5.74, 6) is 1.21. The van der Waals surface area contributed by atoms with Crippen LogP contribution < -0.4 is 15.5 Å². The Bertz CT molecular complexity index is 805. The Kier molecular flexibility index (Phi) is 6.44. The highest BCUT2D eigenvalue weighted by Gasteiger charge is 2.21. The number of hydrogen-bond acceptors (Lipinski definition) is 4. The molecular weight excluding hydrogens is 352 g/mol. The van der Waals surface area contributed by atoms with Gasteiger partial charge in [-0.15, -0.1) is 0 Å². The van der Waals surface area contributed by atoms with Crippen molar-refractivity contribution in [2.24, 2.45) is 12.0 Å². The van der Waals surface area contributed by atoms with E-state index < -0.39 is 0 Å². The van der Waals surface area contributed by atoms with E-state index in [-0.39, 0.29) is 0 Å². The quantitative estimate of drug-likeness (QED) is 0.545. The molecule has 0 amide bonds. The molecule has 0 radical (unpaired) electrons. The summed E-state index contributed by atoms with van der Waals surface area (Å²) in [6, 6.07) is 4.34. The van der Waals surface area contributed by atoms with Gasteiger partial charge in [0.05, 0.1) is 18.4 Å². The normalized spacial score (nSPS) is 17.6. The molecule has 1 fully saturated rings. The first kappa shape index (κ1) is 20.0. The van der Waals surface area contributed by atoms with Gasteiger partial charge in [-0.2, -0.15) is 5.10 Å². The molecular formula is C21H32N6O. The molecule has 1 unspecified atom stereocenters. The van der Waals surface area contributed by atoms with E-state index in [1.54, 1.807) is 0 Å². The van der Waals surface area contributed by atoms with Crippen molar-refractivity contribution < 1.29 is 5.11 Å². The fourth-order valence-electron chi connectivity index (χ4n) is 3.72. The molecule has 1 aliphatic rings. The summed E-state index contributed by atoms with van der Waals surface area (Å²) in [6.45, 7) is 9.32. The van der Waals surface area contributed by atoms with Crippen molar-refractivity contribution in [1.29, 1.82) is 0 Å². The third-order valence-corrected chi connectivity index (χ3v) is 5.13. The maximum absolute atomic E-state index is 9.96. The summed E-state index contributed by atoms with van der Waals surface area (Å²) in [7, 11) is 1.95. The van der Waals surface area contributed by atoms with Crippen LogP contribution in [-0.2, 0) is 13.6 Å². The van der Waals surface area contributed by atoms with Crippen molar-refractivity contribution in [2.75, 3.05) is 24.5 Å². The number of phenolic OH excluding ortho intramolecular Hbond substituents is 1. The molecule has 0 spiro atoms. The van der Waals surface area contributed by atoms with Gasteiger partial charge in [0.2, 0.25) is 0 Å². The molecule has 7 nitrogen and oxygen atoms in total. The minimum atomic E-state index is 0.343. The molecule has 0 bridgehead atoms. The van der Waals surface area contributed by atoms with Crippen LogP contribution in [0.5, 0.6) is 5.75 Å². The van der Waals surface area contributed by atoms with E-state index in [1.165, 1.54) is 5.69 Å². The maximum Gasteiger partial charge on any atom is 0.191 e. The molecule has 2 aromatic rings. The molecule has 0 aliphatic carbocycles. The van der Waals surface area contributed by atoms with E-state index in [0.717, 1.165) is 55.1 Å². The number of benzene rings is 1. The molecule has 1 atom stereocenters. The second kappa shape index (κ2) is 8.99. The minimum absolute atomic E-state index is 0.343. The third-order valence-electron chi connectivity index (χ3n) is 5.13. The molecule has 3 N–H and O–H groups in total. The van der Waals surface area contributed by atoms with E-state index in [2.05, 4.69) is 33.8 Å². The zero-order valence-electron chi connectivity index (χ0n) is 17.4. The fraction of sp³-hybridized carbons (Fsp3) is 0.524. The Morgan fingerprint density at radius 1 is 1.32 bits per heavy atom. The van der Waals surface area contributed by atoms with Gasteiger partial charge in [0.25, 0.3) is 0 Å². The Morgan fingerprint density at radius 3 is 2.71 bits per heavy atom. The number of rotatable bonds is 5. The van der Waals surface area contributed by atoms with Crippen molar-refractivity contribution in [3.05, 3.63) is 41.2 Å². The molecule has 1 aliphatic heterocycles. The average molecular weight is 385 g/mol. The van der Waals surface area contributed by atoms with Crippen LogP contribution in [0.15, 0.2) is 29.5 Å². The molecule has 3 rings (SSSR count). The summed E-state index contributed by atoms with van der Waals surface area (Å²) in [5.41, 5.74) is 4.06. The smallest absolute Gasteiger partial charge is 0.191 e. The predicted octanol–water partition coefficient (Wildman–Crippen LogP) is 2.47. The fourth-order valence-corrected chi connectivity index (χ4v) is 3.72. The SMILES string of the molecule is CCNC(=NCc1cc(C)c(O)c(C)c1)NC1CCCN(c2cnn(C)c2)C1. The zero-order chi connectivity index (χ0) is 20.1. The summed E-state index contributed by atoms with van der Waals surface area (Å²) in [4.78, 5) is 7.15. The second-order valence-electron chi connectivity index (χ2n) is 7.58. The Morgan fingerprint density at radius 2 is 2.07 bits per heavy atom. The molecule has 1 aromatic carbocycles. The van der Waals surface area contributed by atoms with Gasteiger partial charge in [-0.1, -0.05) is 12.1 Å². The highest BCUT2D eigenvalue weighted by atomic mass is 16.3. The minimum Gasteiger partial charge on any atom is -0.507 e. The predicted molar refractivity (Wildman–Crippen MR) is 114 cm³/mol. The number of aromatic nitrogens is 2. The number of nitrogens with zero attached hydrogens (tertiary/aromatic N) is 4. The van der Waals surface area contributed by atoms with Gasteiger partial charge in [-0.05, 0) is 50.3 Å². The lowest BCUT2D eigenvalue weighted by atomic mass is 10.1. The number of hydrogen-bond donors (Lipinski definition) is 3. The Labute approximate surface area is 167 Å². The van der Waals surface area contributed by atoms with Crippen LogP contribution in [0.25, 0.3) is 0 Å². The topological polar surface area (TPSA) is 77.7 Å². The van der Waals surface area contributed by atoms with Crippen molar-refractivity contribution in [3.8, 4) is 5.75 Å². The van der Waals surface area contributed by atoms with E-state index in [1.807, 2.05) is 43.9 Å². The standard InChI is InChI=1S/C21H32N6O/c1-5-22-21(23-11-17-9-15(2)20(28)16(3)10-17)25-18-7-6-8-27(13-18)19-12-24-26(4)14-19/h9-10,12,14,18,28H,5-8,11,13H2,1-4H3,(H2,22,23,25). The van der Waals surface area contributed by atoms with Gasteiger partial charge in [0.1, 0.15) is 5.75 Å². The van der Waals surface area contributed by atoms with Crippen LogP contribution >= 0.6 is 0 Å². The lowest BCUT2D eigenvalue weighted by Gasteiger charge is -2.34. The van der Waals surface area contributed by atoms with Crippen LogP contribution in [0.2, 0.25) is 0 Å². The second-order valence-corrected chi connectivity index (χ2v) is 7.58. The average Bonchev–Trinajstić information content (AvgIpc) is 3.11. The van der Waals surface area contributed by atoms with E-state index >= 15 is 0 Å². The molecule has 1 saturated heterocycles. The number of aliphatic imine (C=N–C) groups is 1. The van der Waals surface area contributed by atoms with E-state index in [9.17, 15) is 5.11 Å². The van der Waals surface area contributed by atoms with E-state index in [0.29, 0.717) is 18.3 Å². The molecule has 152 valence electrons. The largest absolute Gasteiger partial charge is 0.507 e. The zero-order valence-corrected chi connectivity index (χ0v) is 17.4. The lowest BCUT2D eigenvalue weighted by Crippen LogP contribution is -2.51.